The number of benzene rings is 1. The number of aromatic nitrogens is 1. The number of halogens is 4. The Morgan fingerprint density at radius 2 is 1.86 bits per heavy atom. The fourth-order valence-corrected chi connectivity index (χ4v) is 3.31. The maximum absolute atomic E-state index is 12.7. The number of pyridine rings is 1. The first-order chi connectivity index (χ1) is 13.4. The van der Waals surface area contributed by atoms with E-state index in [1.54, 1.807) is 0 Å². The third kappa shape index (κ3) is 5.31. The Bertz CT molecular complexity index is 824. The number of rotatable bonds is 7. The highest BCUT2D eigenvalue weighted by Gasteiger charge is 2.21. The van der Waals surface area contributed by atoms with E-state index in [2.05, 4.69) is 9.72 Å². The molecule has 2 aromatic rings. The number of carbonyl (C=O) groups is 1. The van der Waals surface area contributed by atoms with Gasteiger partial charge in [-0.15, -0.1) is 0 Å². The number of ether oxygens (including phenoxy) is 3. The van der Waals surface area contributed by atoms with Gasteiger partial charge in [0, 0.05) is 42.8 Å². The van der Waals surface area contributed by atoms with E-state index in [0.29, 0.717) is 31.6 Å². The molecule has 0 N–H and O–H groups in total. The topological polar surface area (TPSA) is 57.7 Å². The number of hydrogen-bond donors (Lipinski definition) is 0. The quantitative estimate of drug-likeness (QED) is 0.579. The average molecular weight is 432 g/mol. The Labute approximate surface area is 170 Å². The lowest BCUT2D eigenvalue weighted by atomic mass is 10.0. The van der Waals surface area contributed by atoms with Gasteiger partial charge in [-0.3, -0.25) is 9.78 Å². The number of hydrogen-bond acceptors (Lipinski definition) is 5. The minimum Gasteiger partial charge on any atom is -0.486 e. The summed E-state index contributed by atoms with van der Waals surface area (Å²) in [7, 11) is 0. The van der Waals surface area contributed by atoms with Crippen molar-refractivity contribution in [3.8, 4) is 11.5 Å². The second kappa shape index (κ2) is 9.49. The van der Waals surface area contributed by atoms with Crippen LogP contribution in [0.15, 0.2) is 30.6 Å². The van der Waals surface area contributed by atoms with Crippen LogP contribution in [0.5, 0.6) is 11.5 Å². The maximum Gasteiger partial charge on any atom is 0.387 e. The molecule has 0 radical (unpaired) electrons. The molecule has 1 aromatic heterocycles. The summed E-state index contributed by atoms with van der Waals surface area (Å²) in [4.78, 5) is 16.5. The monoisotopic (exact) mass is 431 g/mol. The van der Waals surface area contributed by atoms with Crippen molar-refractivity contribution in [2.75, 3.05) is 13.2 Å². The van der Waals surface area contributed by atoms with E-state index in [-0.39, 0.29) is 45.4 Å². The molecular formula is C19H17Cl2F2NO4. The van der Waals surface area contributed by atoms with E-state index in [9.17, 15) is 13.6 Å². The van der Waals surface area contributed by atoms with Crippen LogP contribution in [0.2, 0.25) is 10.0 Å². The fourth-order valence-electron chi connectivity index (χ4n) is 2.81. The molecule has 0 unspecified atom stereocenters. The summed E-state index contributed by atoms with van der Waals surface area (Å²) in [6.07, 6.45) is 3.77. The summed E-state index contributed by atoms with van der Waals surface area (Å²) in [6.45, 7) is -1.96. The Kier molecular flexibility index (Phi) is 7.04. The van der Waals surface area contributed by atoms with Crippen LogP contribution in [0.3, 0.4) is 0 Å². The number of ketones is 1. The fraction of sp³-hybridized carbons (Fsp3) is 0.368. The lowest BCUT2D eigenvalue weighted by molar-refractivity contribution is -0.0532. The molecule has 1 saturated heterocycles. The molecule has 0 bridgehead atoms. The zero-order valence-corrected chi connectivity index (χ0v) is 16.2. The molecule has 0 amide bonds. The van der Waals surface area contributed by atoms with Crippen molar-refractivity contribution in [3.63, 3.8) is 0 Å². The molecule has 1 fully saturated rings. The van der Waals surface area contributed by atoms with Gasteiger partial charge < -0.3 is 14.2 Å². The van der Waals surface area contributed by atoms with Crippen LogP contribution in [0.1, 0.15) is 28.8 Å². The summed E-state index contributed by atoms with van der Waals surface area (Å²) in [5.41, 5.74) is 0.718. The number of carbonyl (C=O) groups excluding carboxylic acids is 1. The van der Waals surface area contributed by atoms with Gasteiger partial charge in [0.25, 0.3) is 0 Å². The summed E-state index contributed by atoms with van der Waals surface area (Å²) >= 11 is 12.1. The molecule has 9 heteroatoms. The van der Waals surface area contributed by atoms with E-state index in [0.717, 1.165) is 0 Å². The van der Waals surface area contributed by atoms with Gasteiger partial charge in [-0.25, -0.2) is 0 Å². The molecule has 5 nitrogen and oxygen atoms in total. The summed E-state index contributed by atoms with van der Waals surface area (Å²) in [5.74, 6) is -0.335. The van der Waals surface area contributed by atoms with Crippen molar-refractivity contribution in [2.45, 2.75) is 32.0 Å². The van der Waals surface area contributed by atoms with Gasteiger partial charge in [0.1, 0.15) is 6.10 Å². The van der Waals surface area contributed by atoms with E-state index >= 15 is 0 Å². The highest BCUT2D eigenvalue weighted by atomic mass is 35.5. The third-order valence-electron chi connectivity index (χ3n) is 4.23. The van der Waals surface area contributed by atoms with Gasteiger partial charge in [0.2, 0.25) is 0 Å². The van der Waals surface area contributed by atoms with Gasteiger partial charge >= 0.3 is 6.61 Å². The van der Waals surface area contributed by atoms with Crippen LogP contribution in [-0.4, -0.2) is 36.7 Å². The van der Waals surface area contributed by atoms with Gasteiger partial charge in [-0.05, 0) is 18.2 Å². The zero-order valence-electron chi connectivity index (χ0n) is 14.7. The van der Waals surface area contributed by atoms with Gasteiger partial charge in [0.05, 0.1) is 23.3 Å². The van der Waals surface area contributed by atoms with E-state index < -0.39 is 6.61 Å². The highest BCUT2D eigenvalue weighted by molar-refractivity contribution is 6.36. The van der Waals surface area contributed by atoms with Crippen LogP contribution in [-0.2, 0) is 11.2 Å². The Hall–Kier alpha value is -1.96. The molecular weight excluding hydrogens is 415 g/mol. The SMILES string of the molecule is O=C(Cc1c(Cl)cncc1Cl)c1ccc(OC(F)F)c(OC2CCOCC2)c1. The van der Waals surface area contributed by atoms with Crippen molar-refractivity contribution in [3.05, 3.63) is 51.8 Å². The lowest BCUT2D eigenvalue weighted by Gasteiger charge is -2.24. The molecule has 0 atom stereocenters. The molecule has 150 valence electrons. The van der Waals surface area contributed by atoms with Crippen LogP contribution in [0, 0.1) is 0 Å². The Balaban J connectivity index is 1.84. The minimum atomic E-state index is -3.01. The molecule has 1 aliphatic rings. The van der Waals surface area contributed by atoms with Crippen LogP contribution in [0.4, 0.5) is 8.78 Å². The first-order valence-electron chi connectivity index (χ1n) is 8.58. The molecule has 28 heavy (non-hydrogen) atoms. The second-order valence-electron chi connectivity index (χ2n) is 6.15. The zero-order chi connectivity index (χ0) is 20.1. The smallest absolute Gasteiger partial charge is 0.387 e. The van der Waals surface area contributed by atoms with E-state index in [1.165, 1.54) is 30.6 Å². The van der Waals surface area contributed by atoms with Crippen molar-refractivity contribution >= 4 is 29.0 Å². The Morgan fingerprint density at radius 1 is 1.18 bits per heavy atom. The van der Waals surface area contributed by atoms with E-state index in [4.69, 9.17) is 32.7 Å². The largest absolute Gasteiger partial charge is 0.486 e. The molecule has 2 heterocycles. The molecule has 0 aliphatic carbocycles. The number of nitrogens with zero attached hydrogens (tertiary/aromatic N) is 1. The van der Waals surface area contributed by atoms with Crippen LogP contribution in [0.25, 0.3) is 0 Å². The van der Waals surface area contributed by atoms with Crippen LogP contribution >= 0.6 is 23.2 Å². The summed E-state index contributed by atoms with van der Waals surface area (Å²) in [5, 5.41) is 0.550. The first-order valence-corrected chi connectivity index (χ1v) is 9.34. The molecule has 1 aliphatic heterocycles. The lowest BCUT2D eigenvalue weighted by Crippen LogP contribution is -2.26. The highest BCUT2D eigenvalue weighted by Crippen LogP contribution is 2.33. The Morgan fingerprint density at radius 3 is 2.50 bits per heavy atom. The summed E-state index contributed by atoms with van der Waals surface area (Å²) in [6, 6.07) is 4.10. The summed E-state index contributed by atoms with van der Waals surface area (Å²) < 4.78 is 41.0. The van der Waals surface area contributed by atoms with Crippen molar-refractivity contribution < 1.29 is 27.8 Å². The van der Waals surface area contributed by atoms with Gasteiger partial charge in [0.15, 0.2) is 17.3 Å². The van der Waals surface area contributed by atoms with Crippen LogP contribution < -0.4 is 9.47 Å². The third-order valence-corrected chi connectivity index (χ3v) is 4.88. The molecule has 0 saturated carbocycles. The van der Waals surface area contributed by atoms with E-state index in [1.807, 2.05) is 0 Å². The number of alkyl halides is 2. The standard InChI is InChI=1S/C19H17Cl2F2NO4/c20-14-9-24-10-15(21)13(14)8-16(25)11-1-2-17(28-19(22)23)18(7-11)27-12-3-5-26-6-4-12/h1-2,7,9-10,12,19H,3-6,8H2. The predicted octanol–water partition coefficient (Wildman–Crippen LogP) is 4.97. The second-order valence-corrected chi connectivity index (χ2v) is 6.97. The van der Waals surface area contributed by atoms with Crippen molar-refractivity contribution in [1.29, 1.82) is 0 Å². The minimum absolute atomic E-state index is 0.0635. The maximum atomic E-state index is 12.7. The molecule has 1 aromatic carbocycles. The normalized spacial score (nSPS) is 14.9. The average Bonchev–Trinajstić information content (AvgIpc) is 2.66. The predicted molar refractivity (Wildman–Crippen MR) is 99.8 cm³/mol. The van der Waals surface area contributed by atoms with Crippen molar-refractivity contribution in [2.24, 2.45) is 0 Å². The molecule has 0 spiro atoms. The van der Waals surface area contributed by atoms with Crippen molar-refractivity contribution in [1.82, 2.24) is 4.98 Å². The van der Waals surface area contributed by atoms with Gasteiger partial charge in [-0.2, -0.15) is 8.78 Å². The number of Topliss-reactive ketones (excluding diaryl/α,β-unsaturated/α-hetero) is 1. The first kappa shape index (κ1) is 20.8. The molecule has 3 rings (SSSR count). The van der Waals surface area contributed by atoms with Gasteiger partial charge in [-0.1, -0.05) is 23.2 Å².